The van der Waals surface area contributed by atoms with E-state index in [-0.39, 0.29) is 12.2 Å². The topological polar surface area (TPSA) is 48.0 Å². The van der Waals surface area contributed by atoms with Crippen LogP contribution < -0.4 is 9.47 Å². The van der Waals surface area contributed by atoms with Gasteiger partial charge >= 0.3 is 6.09 Å². The van der Waals surface area contributed by atoms with Crippen LogP contribution in [-0.4, -0.2) is 42.9 Å². The summed E-state index contributed by atoms with van der Waals surface area (Å²) < 4.78 is 17.6. The Bertz CT molecular complexity index is 548. The summed E-state index contributed by atoms with van der Waals surface area (Å²) in [6, 6.07) is 5.67. The fourth-order valence-electron chi connectivity index (χ4n) is 2.40. The van der Waals surface area contributed by atoms with E-state index in [4.69, 9.17) is 14.2 Å². The van der Waals surface area contributed by atoms with E-state index < -0.39 is 5.60 Å². The van der Waals surface area contributed by atoms with E-state index in [9.17, 15) is 4.79 Å². The summed E-state index contributed by atoms with van der Waals surface area (Å²) in [6.45, 7) is 6.92. The fourth-order valence-corrected chi connectivity index (χ4v) is 2.85. The molecule has 1 heterocycles. The van der Waals surface area contributed by atoms with E-state index in [0.29, 0.717) is 13.1 Å². The Morgan fingerprint density at radius 3 is 2.35 bits per heavy atom. The molecule has 0 saturated carbocycles. The van der Waals surface area contributed by atoms with Crippen molar-refractivity contribution in [3.8, 4) is 11.5 Å². The third kappa shape index (κ3) is 5.61. The van der Waals surface area contributed by atoms with Crippen LogP contribution in [0, 0.1) is 0 Å². The smallest absolute Gasteiger partial charge is 0.410 e. The number of nitrogens with zero attached hydrogens (tertiary/aromatic N) is 1. The molecule has 0 aromatic heterocycles. The highest BCUT2D eigenvalue weighted by molar-refractivity contribution is 9.10. The van der Waals surface area contributed by atoms with E-state index in [0.717, 1.165) is 28.8 Å². The lowest BCUT2D eigenvalue weighted by atomic mass is 10.1. The zero-order valence-corrected chi connectivity index (χ0v) is 15.7. The molecule has 2 rings (SSSR count). The molecule has 6 heteroatoms. The Morgan fingerprint density at radius 2 is 1.78 bits per heavy atom. The first-order chi connectivity index (χ1) is 10.8. The molecule has 128 valence electrons. The summed E-state index contributed by atoms with van der Waals surface area (Å²) >= 11 is 3.45. The van der Waals surface area contributed by atoms with Crippen molar-refractivity contribution in [2.75, 3.05) is 20.2 Å². The van der Waals surface area contributed by atoms with E-state index in [1.165, 1.54) is 0 Å². The molecule has 0 bridgehead atoms. The maximum Gasteiger partial charge on any atom is 0.410 e. The van der Waals surface area contributed by atoms with Crippen LogP contribution in [-0.2, 0) is 4.74 Å². The lowest BCUT2D eigenvalue weighted by Crippen LogP contribution is -2.44. The molecule has 0 spiro atoms. The minimum Gasteiger partial charge on any atom is -0.497 e. The van der Waals surface area contributed by atoms with Crippen LogP contribution in [0.25, 0.3) is 0 Å². The first-order valence-corrected chi connectivity index (χ1v) is 8.55. The molecule has 1 aliphatic rings. The van der Waals surface area contributed by atoms with Gasteiger partial charge in [0.2, 0.25) is 0 Å². The van der Waals surface area contributed by atoms with Crippen LogP contribution in [0.2, 0.25) is 0 Å². The molecule has 1 amide bonds. The zero-order chi connectivity index (χ0) is 17.0. The third-order valence-corrected chi connectivity index (χ3v) is 3.93. The Labute approximate surface area is 146 Å². The molecule has 1 aromatic carbocycles. The monoisotopic (exact) mass is 385 g/mol. The number of piperidine rings is 1. The second-order valence-corrected chi connectivity index (χ2v) is 7.53. The summed E-state index contributed by atoms with van der Waals surface area (Å²) in [7, 11) is 1.63. The second-order valence-electron chi connectivity index (χ2n) is 6.61. The van der Waals surface area contributed by atoms with Gasteiger partial charge in [-0.15, -0.1) is 0 Å². The molecule has 23 heavy (non-hydrogen) atoms. The minimum atomic E-state index is -0.461. The largest absolute Gasteiger partial charge is 0.497 e. The first-order valence-electron chi connectivity index (χ1n) is 7.76. The lowest BCUT2D eigenvalue weighted by molar-refractivity contribution is 0.0126. The van der Waals surface area contributed by atoms with E-state index in [1.807, 2.05) is 39.0 Å². The standard InChI is InChI=1S/C17H24BrNO4/c1-17(2,3)23-16(20)19-7-5-13(6-8-19)22-15-10-12(18)9-14(11-15)21-4/h9-11,13H,5-8H2,1-4H3. The van der Waals surface area contributed by atoms with Gasteiger partial charge in [-0.2, -0.15) is 0 Å². The average molecular weight is 386 g/mol. The molecular weight excluding hydrogens is 362 g/mol. The molecule has 1 aliphatic heterocycles. The predicted octanol–water partition coefficient (Wildman–Crippen LogP) is 4.24. The van der Waals surface area contributed by atoms with Gasteiger partial charge in [-0.05, 0) is 32.9 Å². The summed E-state index contributed by atoms with van der Waals surface area (Å²) in [4.78, 5) is 13.8. The number of benzene rings is 1. The molecule has 0 atom stereocenters. The summed E-state index contributed by atoms with van der Waals surface area (Å²) in [5, 5.41) is 0. The molecule has 0 radical (unpaired) electrons. The van der Waals surface area contributed by atoms with Gasteiger partial charge in [0.25, 0.3) is 0 Å². The number of halogens is 1. The number of hydrogen-bond donors (Lipinski definition) is 0. The van der Waals surface area contributed by atoms with E-state index in [2.05, 4.69) is 15.9 Å². The maximum atomic E-state index is 12.0. The Kier molecular flexibility index (Phi) is 5.79. The molecule has 1 aromatic rings. The van der Waals surface area contributed by atoms with Gasteiger partial charge in [-0.3, -0.25) is 0 Å². The van der Waals surface area contributed by atoms with Crippen molar-refractivity contribution in [3.63, 3.8) is 0 Å². The number of methoxy groups -OCH3 is 1. The van der Waals surface area contributed by atoms with Crippen LogP contribution >= 0.6 is 15.9 Å². The summed E-state index contributed by atoms with van der Waals surface area (Å²) in [6.07, 6.45) is 1.41. The van der Waals surface area contributed by atoms with Crippen molar-refractivity contribution in [3.05, 3.63) is 22.7 Å². The van der Waals surface area contributed by atoms with Gasteiger partial charge in [-0.25, -0.2) is 4.79 Å². The van der Waals surface area contributed by atoms with Gasteiger partial charge in [0.15, 0.2) is 0 Å². The van der Waals surface area contributed by atoms with E-state index in [1.54, 1.807) is 12.0 Å². The van der Waals surface area contributed by atoms with Crippen LogP contribution in [0.1, 0.15) is 33.6 Å². The summed E-state index contributed by atoms with van der Waals surface area (Å²) in [5.41, 5.74) is -0.461. The molecule has 0 aliphatic carbocycles. The number of amides is 1. The average Bonchev–Trinajstić information content (AvgIpc) is 2.45. The molecule has 5 nitrogen and oxygen atoms in total. The molecule has 0 unspecified atom stereocenters. The van der Waals surface area contributed by atoms with Crippen LogP contribution in [0.3, 0.4) is 0 Å². The third-order valence-electron chi connectivity index (χ3n) is 3.48. The van der Waals surface area contributed by atoms with Gasteiger partial charge in [0, 0.05) is 36.5 Å². The molecule has 0 N–H and O–H groups in total. The highest BCUT2D eigenvalue weighted by Gasteiger charge is 2.27. The van der Waals surface area contributed by atoms with Crippen molar-refractivity contribution in [2.45, 2.75) is 45.3 Å². The normalized spacial score (nSPS) is 16.1. The maximum absolute atomic E-state index is 12.0. The van der Waals surface area contributed by atoms with Gasteiger partial charge in [-0.1, -0.05) is 15.9 Å². The fraction of sp³-hybridized carbons (Fsp3) is 0.588. The molecule has 1 saturated heterocycles. The quantitative estimate of drug-likeness (QED) is 0.780. The Balaban J connectivity index is 1.87. The SMILES string of the molecule is COc1cc(Br)cc(OC2CCN(C(=O)OC(C)(C)C)CC2)c1. The number of rotatable bonds is 3. The number of carbonyl (C=O) groups excluding carboxylic acids is 1. The van der Waals surface area contributed by atoms with Gasteiger partial charge in [0.1, 0.15) is 23.2 Å². The van der Waals surface area contributed by atoms with Gasteiger partial charge < -0.3 is 19.1 Å². The van der Waals surface area contributed by atoms with Crippen LogP contribution in [0.5, 0.6) is 11.5 Å². The molecular formula is C17H24BrNO4. The van der Waals surface area contributed by atoms with Gasteiger partial charge in [0.05, 0.1) is 7.11 Å². The van der Waals surface area contributed by atoms with E-state index >= 15 is 0 Å². The Morgan fingerprint density at radius 1 is 1.17 bits per heavy atom. The predicted molar refractivity (Wildman–Crippen MR) is 92.2 cm³/mol. The zero-order valence-electron chi connectivity index (χ0n) is 14.1. The number of hydrogen-bond acceptors (Lipinski definition) is 4. The lowest BCUT2D eigenvalue weighted by Gasteiger charge is -2.33. The van der Waals surface area contributed by atoms with Crippen molar-refractivity contribution < 1.29 is 19.0 Å². The minimum absolute atomic E-state index is 0.0905. The number of ether oxygens (including phenoxy) is 3. The Hall–Kier alpha value is -1.43. The van der Waals surface area contributed by atoms with Crippen molar-refractivity contribution >= 4 is 22.0 Å². The summed E-state index contributed by atoms with van der Waals surface area (Å²) in [5.74, 6) is 1.52. The highest BCUT2D eigenvalue weighted by Crippen LogP contribution is 2.28. The van der Waals surface area contributed by atoms with Crippen LogP contribution in [0.4, 0.5) is 4.79 Å². The van der Waals surface area contributed by atoms with Crippen molar-refractivity contribution in [2.24, 2.45) is 0 Å². The first kappa shape index (κ1) is 17.9. The number of likely N-dealkylation sites (tertiary alicyclic amines) is 1. The van der Waals surface area contributed by atoms with Crippen molar-refractivity contribution in [1.29, 1.82) is 0 Å². The second kappa shape index (κ2) is 7.43. The number of carbonyl (C=O) groups is 1. The van der Waals surface area contributed by atoms with Crippen LogP contribution in [0.15, 0.2) is 22.7 Å². The van der Waals surface area contributed by atoms with Crippen molar-refractivity contribution in [1.82, 2.24) is 4.90 Å². The molecule has 1 fully saturated rings. The highest BCUT2D eigenvalue weighted by atomic mass is 79.9.